The van der Waals surface area contributed by atoms with Crippen molar-refractivity contribution in [3.8, 4) is 0 Å². The number of primary amides is 1. The van der Waals surface area contributed by atoms with E-state index in [1.807, 2.05) is 6.92 Å². The average molecular weight is 390 g/mol. The molecular formula is C18H17ClFN5O2. The van der Waals surface area contributed by atoms with E-state index in [4.69, 9.17) is 17.3 Å². The van der Waals surface area contributed by atoms with Crippen molar-refractivity contribution in [3.63, 3.8) is 0 Å². The van der Waals surface area contributed by atoms with Gasteiger partial charge in [-0.15, -0.1) is 0 Å². The maximum atomic E-state index is 13.5. The summed E-state index contributed by atoms with van der Waals surface area (Å²) < 4.78 is 15.0. The Kier molecular flexibility index (Phi) is 5.09. The van der Waals surface area contributed by atoms with E-state index >= 15 is 0 Å². The van der Waals surface area contributed by atoms with Gasteiger partial charge in [0.15, 0.2) is 5.65 Å². The lowest BCUT2D eigenvalue weighted by Gasteiger charge is -2.11. The molecule has 2 heterocycles. The van der Waals surface area contributed by atoms with Crippen molar-refractivity contribution in [3.05, 3.63) is 57.8 Å². The Bertz CT molecular complexity index is 1060. The van der Waals surface area contributed by atoms with Crippen LogP contribution < -0.4 is 11.1 Å². The SMILES string of the molecule is Cc1nc2c(C(N)=O)cnn2c(C)c1CCC(=O)Nc1ccc(Cl)c(F)c1. The number of carbonyl (C=O) groups is 2. The Morgan fingerprint density at radius 2 is 2.07 bits per heavy atom. The van der Waals surface area contributed by atoms with Crippen LogP contribution in [0.5, 0.6) is 0 Å². The van der Waals surface area contributed by atoms with Crippen LogP contribution in [-0.2, 0) is 11.2 Å². The predicted molar refractivity (Wildman–Crippen MR) is 99.3 cm³/mol. The van der Waals surface area contributed by atoms with Gasteiger partial charge in [0.05, 0.1) is 11.2 Å². The summed E-state index contributed by atoms with van der Waals surface area (Å²) in [5, 5.41) is 6.78. The fourth-order valence-corrected chi connectivity index (χ4v) is 3.00. The summed E-state index contributed by atoms with van der Waals surface area (Å²) in [6.45, 7) is 3.63. The van der Waals surface area contributed by atoms with Crippen molar-refractivity contribution < 1.29 is 14.0 Å². The third-order valence-corrected chi connectivity index (χ3v) is 4.59. The van der Waals surface area contributed by atoms with E-state index in [1.165, 1.54) is 28.9 Å². The number of carbonyl (C=O) groups excluding carboxylic acids is 2. The van der Waals surface area contributed by atoms with Gasteiger partial charge in [0.25, 0.3) is 5.91 Å². The summed E-state index contributed by atoms with van der Waals surface area (Å²) in [4.78, 5) is 28.1. The van der Waals surface area contributed by atoms with E-state index in [0.29, 0.717) is 23.4 Å². The van der Waals surface area contributed by atoms with Gasteiger partial charge >= 0.3 is 0 Å². The molecule has 2 amide bonds. The summed E-state index contributed by atoms with van der Waals surface area (Å²) >= 11 is 5.63. The van der Waals surface area contributed by atoms with Crippen molar-refractivity contribution in [2.24, 2.45) is 5.73 Å². The predicted octanol–water partition coefficient (Wildman–Crippen LogP) is 2.81. The molecule has 7 nitrogen and oxygen atoms in total. The van der Waals surface area contributed by atoms with E-state index < -0.39 is 11.7 Å². The van der Waals surface area contributed by atoms with E-state index in [-0.39, 0.29) is 22.9 Å². The molecule has 0 unspecified atom stereocenters. The Balaban J connectivity index is 1.77. The molecule has 0 atom stereocenters. The van der Waals surface area contributed by atoms with Gasteiger partial charge in [0.1, 0.15) is 11.4 Å². The minimum Gasteiger partial charge on any atom is -0.365 e. The van der Waals surface area contributed by atoms with Crippen LogP contribution in [0.25, 0.3) is 5.65 Å². The summed E-state index contributed by atoms with van der Waals surface area (Å²) in [5.74, 6) is -1.47. The molecule has 0 bridgehead atoms. The number of anilines is 1. The molecule has 0 aliphatic heterocycles. The number of nitrogens with one attached hydrogen (secondary N) is 1. The van der Waals surface area contributed by atoms with Gasteiger partial charge in [0.2, 0.25) is 5.91 Å². The summed E-state index contributed by atoms with van der Waals surface area (Å²) in [6, 6.07) is 4.08. The van der Waals surface area contributed by atoms with Crippen LogP contribution in [0.4, 0.5) is 10.1 Å². The number of fused-ring (bicyclic) bond motifs is 1. The zero-order valence-corrected chi connectivity index (χ0v) is 15.5. The molecule has 1 aromatic carbocycles. The van der Waals surface area contributed by atoms with Crippen molar-refractivity contribution in [2.45, 2.75) is 26.7 Å². The minimum absolute atomic E-state index is 0.00632. The second kappa shape index (κ2) is 7.32. The Morgan fingerprint density at radius 1 is 1.33 bits per heavy atom. The molecule has 0 radical (unpaired) electrons. The van der Waals surface area contributed by atoms with Crippen molar-refractivity contribution >= 4 is 34.7 Å². The summed E-state index contributed by atoms with van der Waals surface area (Å²) in [7, 11) is 0. The normalized spacial score (nSPS) is 11.0. The molecule has 0 spiro atoms. The number of nitrogens with two attached hydrogens (primary N) is 1. The van der Waals surface area contributed by atoms with Crippen LogP contribution in [0.15, 0.2) is 24.4 Å². The largest absolute Gasteiger partial charge is 0.365 e. The Morgan fingerprint density at radius 3 is 2.74 bits per heavy atom. The topological polar surface area (TPSA) is 102 Å². The number of halogens is 2. The molecule has 0 fully saturated rings. The molecule has 27 heavy (non-hydrogen) atoms. The second-order valence-electron chi connectivity index (χ2n) is 6.10. The first kappa shape index (κ1) is 18.8. The average Bonchev–Trinajstić information content (AvgIpc) is 3.02. The highest BCUT2D eigenvalue weighted by atomic mass is 35.5. The number of aryl methyl sites for hydroxylation is 2. The molecule has 3 aromatic rings. The number of hydrogen-bond acceptors (Lipinski definition) is 4. The van der Waals surface area contributed by atoms with Crippen molar-refractivity contribution in [1.29, 1.82) is 0 Å². The van der Waals surface area contributed by atoms with E-state index in [9.17, 15) is 14.0 Å². The fourth-order valence-electron chi connectivity index (χ4n) is 2.88. The number of hydrogen-bond donors (Lipinski definition) is 2. The molecular weight excluding hydrogens is 373 g/mol. The van der Waals surface area contributed by atoms with Crippen LogP contribution in [0.3, 0.4) is 0 Å². The number of benzene rings is 1. The third kappa shape index (κ3) is 3.75. The Hall–Kier alpha value is -3.00. The van der Waals surface area contributed by atoms with E-state index in [0.717, 1.165) is 11.3 Å². The van der Waals surface area contributed by atoms with Crippen LogP contribution >= 0.6 is 11.6 Å². The number of rotatable bonds is 5. The highest BCUT2D eigenvalue weighted by Crippen LogP contribution is 2.20. The van der Waals surface area contributed by atoms with Gasteiger partial charge in [-0.1, -0.05) is 11.6 Å². The van der Waals surface area contributed by atoms with Crippen LogP contribution in [0.2, 0.25) is 5.02 Å². The lowest BCUT2D eigenvalue weighted by Crippen LogP contribution is -2.15. The van der Waals surface area contributed by atoms with Gasteiger partial charge in [-0.3, -0.25) is 9.59 Å². The van der Waals surface area contributed by atoms with Gasteiger partial charge in [-0.25, -0.2) is 13.9 Å². The maximum Gasteiger partial charge on any atom is 0.254 e. The molecule has 0 saturated carbocycles. The van der Waals surface area contributed by atoms with Gasteiger partial charge in [0, 0.05) is 23.5 Å². The highest BCUT2D eigenvalue weighted by molar-refractivity contribution is 6.30. The second-order valence-corrected chi connectivity index (χ2v) is 6.50. The molecule has 0 saturated heterocycles. The minimum atomic E-state index is -0.598. The van der Waals surface area contributed by atoms with Gasteiger partial charge in [-0.2, -0.15) is 5.10 Å². The van der Waals surface area contributed by atoms with Gasteiger partial charge < -0.3 is 11.1 Å². The molecule has 3 N–H and O–H groups in total. The highest BCUT2D eigenvalue weighted by Gasteiger charge is 2.17. The monoisotopic (exact) mass is 389 g/mol. The Labute approximate surface area is 159 Å². The lowest BCUT2D eigenvalue weighted by atomic mass is 10.1. The van der Waals surface area contributed by atoms with Crippen LogP contribution in [0, 0.1) is 19.7 Å². The first-order valence-electron chi connectivity index (χ1n) is 8.16. The number of amides is 2. The smallest absolute Gasteiger partial charge is 0.254 e. The fraction of sp³-hybridized carbons (Fsp3) is 0.222. The van der Waals surface area contributed by atoms with Crippen molar-refractivity contribution in [1.82, 2.24) is 14.6 Å². The molecule has 0 aliphatic rings. The standard InChI is InChI=1S/C18H17ClFN5O2/c1-9-12(10(2)25-18(23-9)13(8-22-25)17(21)27)4-6-16(26)24-11-3-5-14(19)15(20)7-11/h3,5,7-8H,4,6H2,1-2H3,(H2,21,27)(H,24,26). The quantitative estimate of drug-likeness (QED) is 0.700. The maximum absolute atomic E-state index is 13.5. The zero-order valence-electron chi connectivity index (χ0n) is 14.7. The first-order chi connectivity index (χ1) is 12.8. The molecule has 3 rings (SSSR count). The molecule has 0 aliphatic carbocycles. The van der Waals surface area contributed by atoms with Crippen LogP contribution in [0.1, 0.15) is 33.7 Å². The van der Waals surface area contributed by atoms with E-state index in [1.54, 1.807) is 6.92 Å². The summed E-state index contributed by atoms with van der Waals surface area (Å²) in [6.07, 6.45) is 1.96. The lowest BCUT2D eigenvalue weighted by molar-refractivity contribution is -0.116. The van der Waals surface area contributed by atoms with Crippen LogP contribution in [-0.4, -0.2) is 26.4 Å². The first-order valence-corrected chi connectivity index (χ1v) is 8.54. The summed E-state index contributed by atoms with van der Waals surface area (Å²) in [5.41, 5.74) is 8.61. The van der Waals surface area contributed by atoms with Crippen molar-refractivity contribution in [2.75, 3.05) is 5.32 Å². The third-order valence-electron chi connectivity index (χ3n) is 4.28. The molecule has 9 heteroatoms. The molecule has 140 valence electrons. The number of nitrogens with zero attached hydrogens (tertiary/aromatic N) is 3. The molecule has 2 aromatic heterocycles. The zero-order chi connectivity index (χ0) is 19.7. The van der Waals surface area contributed by atoms with E-state index in [2.05, 4.69) is 15.4 Å². The number of aromatic nitrogens is 3. The van der Waals surface area contributed by atoms with Gasteiger partial charge in [-0.05, 0) is 44.0 Å².